The Morgan fingerprint density at radius 3 is 2.27 bits per heavy atom. The van der Waals surface area contributed by atoms with Gasteiger partial charge in [0.1, 0.15) is 4.90 Å². The quantitative estimate of drug-likeness (QED) is 0.610. The number of halogens is 3. The molecule has 136 valence electrons. The number of hydrogen-bond acceptors (Lipinski definition) is 3. The molecule has 0 spiro atoms. The van der Waals surface area contributed by atoms with Gasteiger partial charge in [0.15, 0.2) is 0 Å². The third-order valence-corrected chi connectivity index (χ3v) is 6.44. The van der Waals surface area contributed by atoms with Gasteiger partial charge in [0.05, 0.1) is 16.1 Å². The van der Waals surface area contributed by atoms with Crippen LogP contribution in [0.3, 0.4) is 0 Å². The topological polar surface area (TPSA) is 66.4 Å². The Hall–Kier alpha value is -1.34. The molecule has 26 heavy (non-hydrogen) atoms. The van der Waals surface area contributed by atoms with Gasteiger partial charge in [-0.25, -0.2) is 13.1 Å². The van der Waals surface area contributed by atoms with Crippen LogP contribution >= 0.6 is 34.8 Å². The second-order valence-corrected chi connectivity index (χ2v) is 8.59. The molecule has 1 atom stereocenters. The van der Waals surface area contributed by atoms with Gasteiger partial charge in [-0.3, -0.25) is 0 Å². The summed E-state index contributed by atoms with van der Waals surface area (Å²) in [4.78, 5) is -0.268. The van der Waals surface area contributed by atoms with E-state index in [4.69, 9.17) is 34.8 Å². The zero-order chi connectivity index (χ0) is 18.9. The molecule has 0 bridgehead atoms. The molecular formula is C18H14Cl3NO3S. The zero-order valence-electron chi connectivity index (χ0n) is 13.3. The van der Waals surface area contributed by atoms with Crippen LogP contribution in [-0.4, -0.2) is 20.1 Å². The maximum atomic E-state index is 12.6. The number of benzene rings is 3. The Bertz CT molecular complexity index is 1040. The number of nitrogens with one attached hydrogen (secondary N) is 1. The van der Waals surface area contributed by atoms with Crippen molar-refractivity contribution >= 4 is 55.6 Å². The van der Waals surface area contributed by atoms with Crippen LogP contribution < -0.4 is 4.72 Å². The SMILES string of the molecule is O=S(=O)(NCC(O)c1cccc2ccccc12)c1c(Cl)cc(Cl)cc1Cl. The standard InChI is InChI=1S/C18H14Cl3NO3S/c19-12-8-15(20)18(16(21)9-12)26(24,25)22-10-17(23)14-7-3-5-11-4-1-2-6-13(11)14/h1-9,17,22-23H,10H2. The Labute approximate surface area is 166 Å². The van der Waals surface area contributed by atoms with Crippen molar-refractivity contribution in [2.45, 2.75) is 11.0 Å². The van der Waals surface area contributed by atoms with E-state index in [-0.39, 0.29) is 26.5 Å². The molecule has 2 N–H and O–H groups in total. The first-order chi connectivity index (χ1) is 12.3. The van der Waals surface area contributed by atoms with E-state index >= 15 is 0 Å². The van der Waals surface area contributed by atoms with E-state index < -0.39 is 16.1 Å². The summed E-state index contributed by atoms with van der Waals surface area (Å²) >= 11 is 17.8. The third kappa shape index (κ3) is 3.98. The molecular weight excluding hydrogens is 417 g/mol. The van der Waals surface area contributed by atoms with E-state index in [2.05, 4.69) is 4.72 Å². The largest absolute Gasteiger partial charge is 0.387 e. The van der Waals surface area contributed by atoms with Gasteiger partial charge in [-0.2, -0.15) is 0 Å². The van der Waals surface area contributed by atoms with Crippen LogP contribution in [-0.2, 0) is 10.0 Å². The van der Waals surface area contributed by atoms with Gasteiger partial charge in [-0.05, 0) is 28.5 Å². The summed E-state index contributed by atoms with van der Waals surface area (Å²) in [5, 5.41) is 12.4. The lowest BCUT2D eigenvalue weighted by molar-refractivity contribution is 0.183. The molecule has 0 aliphatic carbocycles. The fraction of sp³-hybridized carbons (Fsp3) is 0.111. The number of aliphatic hydroxyl groups excluding tert-OH is 1. The lowest BCUT2D eigenvalue weighted by Crippen LogP contribution is -2.29. The summed E-state index contributed by atoms with van der Waals surface area (Å²) in [7, 11) is -4.03. The van der Waals surface area contributed by atoms with Crippen molar-refractivity contribution in [3.05, 3.63) is 75.2 Å². The van der Waals surface area contributed by atoms with E-state index in [0.717, 1.165) is 10.8 Å². The minimum absolute atomic E-state index is 0.0883. The molecule has 3 rings (SSSR count). The fourth-order valence-electron chi connectivity index (χ4n) is 2.70. The predicted molar refractivity (Wildman–Crippen MR) is 106 cm³/mol. The van der Waals surface area contributed by atoms with E-state index in [9.17, 15) is 13.5 Å². The van der Waals surface area contributed by atoms with Gasteiger partial charge in [-0.1, -0.05) is 77.3 Å². The molecule has 4 nitrogen and oxygen atoms in total. The predicted octanol–water partition coefficient (Wildman–Crippen LogP) is 4.81. The highest BCUT2D eigenvalue weighted by Crippen LogP contribution is 2.33. The molecule has 0 heterocycles. The Morgan fingerprint density at radius 1 is 0.962 bits per heavy atom. The minimum Gasteiger partial charge on any atom is -0.387 e. The number of rotatable bonds is 5. The van der Waals surface area contributed by atoms with Crippen molar-refractivity contribution in [3.63, 3.8) is 0 Å². The molecule has 3 aromatic carbocycles. The molecule has 1 unspecified atom stereocenters. The highest BCUT2D eigenvalue weighted by Gasteiger charge is 2.24. The molecule has 0 fully saturated rings. The van der Waals surface area contributed by atoms with Crippen molar-refractivity contribution in [2.24, 2.45) is 0 Å². The maximum Gasteiger partial charge on any atom is 0.243 e. The van der Waals surface area contributed by atoms with E-state index in [0.29, 0.717) is 5.56 Å². The number of sulfonamides is 1. The molecule has 0 aliphatic heterocycles. The summed E-state index contributed by atoms with van der Waals surface area (Å²) in [5.74, 6) is 0. The normalized spacial score (nSPS) is 13.1. The molecule has 0 saturated carbocycles. The Balaban J connectivity index is 1.86. The van der Waals surface area contributed by atoms with Crippen LogP contribution in [0, 0.1) is 0 Å². The smallest absolute Gasteiger partial charge is 0.243 e. The van der Waals surface area contributed by atoms with E-state index in [1.54, 1.807) is 6.07 Å². The van der Waals surface area contributed by atoms with Gasteiger partial charge < -0.3 is 5.11 Å². The Kier molecular flexibility index (Phi) is 5.77. The van der Waals surface area contributed by atoms with Crippen LogP contribution in [0.2, 0.25) is 15.1 Å². The molecule has 0 amide bonds. The van der Waals surface area contributed by atoms with Gasteiger partial charge in [0.25, 0.3) is 0 Å². The van der Waals surface area contributed by atoms with Crippen molar-refractivity contribution in [1.82, 2.24) is 4.72 Å². The van der Waals surface area contributed by atoms with Crippen molar-refractivity contribution in [2.75, 3.05) is 6.54 Å². The van der Waals surface area contributed by atoms with E-state index in [1.165, 1.54) is 12.1 Å². The first kappa shape index (κ1) is 19.4. The van der Waals surface area contributed by atoms with Crippen molar-refractivity contribution < 1.29 is 13.5 Å². The van der Waals surface area contributed by atoms with Crippen molar-refractivity contribution in [1.29, 1.82) is 0 Å². The van der Waals surface area contributed by atoms with Crippen LogP contribution in [0.5, 0.6) is 0 Å². The average molecular weight is 431 g/mol. The Morgan fingerprint density at radius 2 is 1.58 bits per heavy atom. The summed E-state index contributed by atoms with van der Waals surface area (Å²) in [5.41, 5.74) is 0.624. The van der Waals surface area contributed by atoms with Gasteiger partial charge in [-0.15, -0.1) is 0 Å². The summed E-state index contributed by atoms with van der Waals surface area (Å²) in [6.07, 6.45) is -1.04. The second-order valence-electron chi connectivity index (χ2n) is 5.63. The summed E-state index contributed by atoms with van der Waals surface area (Å²) in [6.45, 7) is -0.231. The summed E-state index contributed by atoms with van der Waals surface area (Å²) < 4.78 is 27.5. The number of aliphatic hydroxyl groups is 1. The monoisotopic (exact) mass is 429 g/mol. The molecule has 0 radical (unpaired) electrons. The average Bonchev–Trinajstić information content (AvgIpc) is 2.58. The summed E-state index contributed by atoms with van der Waals surface area (Å²) in [6, 6.07) is 15.6. The molecule has 0 aliphatic rings. The molecule has 0 aromatic heterocycles. The zero-order valence-corrected chi connectivity index (χ0v) is 16.4. The lowest BCUT2D eigenvalue weighted by Gasteiger charge is -2.16. The van der Waals surface area contributed by atoms with Crippen molar-refractivity contribution in [3.8, 4) is 0 Å². The lowest BCUT2D eigenvalue weighted by atomic mass is 10.0. The van der Waals surface area contributed by atoms with Gasteiger partial charge in [0, 0.05) is 11.6 Å². The fourth-order valence-corrected chi connectivity index (χ4v) is 5.28. The molecule has 8 heteroatoms. The van der Waals surface area contributed by atoms with Gasteiger partial charge in [0.2, 0.25) is 10.0 Å². The third-order valence-electron chi connectivity index (χ3n) is 3.88. The molecule has 3 aromatic rings. The van der Waals surface area contributed by atoms with Crippen LogP contribution in [0.15, 0.2) is 59.5 Å². The highest BCUT2D eigenvalue weighted by atomic mass is 35.5. The van der Waals surface area contributed by atoms with Gasteiger partial charge >= 0.3 is 0 Å². The minimum atomic E-state index is -4.03. The second kappa shape index (κ2) is 7.72. The van der Waals surface area contributed by atoms with Crippen LogP contribution in [0.1, 0.15) is 11.7 Å². The van der Waals surface area contributed by atoms with Crippen LogP contribution in [0.4, 0.5) is 0 Å². The van der Waals surface area contributed by atoms with Crippen LogP contribution in [0.25, 0.3) is 10.8 Å². The maximum absolute atomic E-state index is 12.6. The highest BCUT2D eigenvalue weighted by molar-refractivity contribution is 7.89. The number of hydrogen-bond donors (Lipinski definition) is 2. The first-order valence-corrected chi connectivity index (χ1v) is 10.2. The van der Waals surface area contributed by atoms with E-state index in [1.807, 2.05) is 36.4 Å². The first-order valence-electron chi connectivity index (χ1n) is 7.59. The molecule has 0 saturated heterocycles. The number of fused-ring (bicyclic) bond motifs is 1.